The number of halogens is 1. The molecule has 1 heterocycles. The van der Waals surface area contributed by atoms with E-state index in [1.807, 2.05) is 28.8 Å². The van der Waals surface area contributed by atoms with Crippen molar-refractivity contribution in [1.82, 2.24) is 14.8 Å². The lowest BCUT2D eigenvalue weighted by atomic mass is 10.2. The van der Waals surface area contributed by atoms with Crippen molar-refractivity contribution in [3.05, 3.63) is 67.0 Å². The number of aromatic nitrogens is 3. The molecule has 0 spiro atoms. The monoisotopic (exact) mass is 341 g/mol. The van der Waals surface area contributed by atoms with E-state index in [-0.39, 0.29) is 5.82 Å². The van der Waals surface area contributed by atoms with Crippen LogP contribution in [-0.4, -0.2) is 27.6 Å². The zero-order chi connectivity index (χ0) is 16.9. The summed E-state index contributed by atoms with van der Waals surface area (Å²) < 4.78 is 21.3. The maximum absolute atomic E-state index is 14.2. The summed E-state index contributed by atoms with van der Waals surface area (Å²) in [5, 5.41) is 9.11. The van der Waals surface area contributed by atoms with Crippen molar-refractivity contribution >= 4 is 11.8 Å². The van der Waals surface area contributed by atoms with Crippen LogP contribution in [0.4, 0.5) is 4.39 Å². The fourth-order valence-corrected chi connectivity index (χ4v) is 2.96. The van der Waals surface area contributed by atoms with Gasteiger partial charge in [0.05, 0.1) is 18.4 Å². The average molecular weight is 341 g/mol. The molecule has 3 rings (SSSR count). The van der Waals surface area contributed by atoms with E-state index in [9.17, 15) is 4.39 Å². The Morgan fingerprint density at radius 3 is 2.58 bits per heavy atom. The van der Waals surface area contributed by atoms with Gasteiger partial charge in [-0.2, -0.15) is 0 Å². The number of methoxy groups -OCH3 is 1. The first-order chi connectivity index (χ1) is 11.7. The van der Waals surface area contributed by atoms with Crippen molar-refractivity contribution in [2.24, 2.45) is 0 Å². The fraction of sp³-hybridized carbons (Fsp3) is 0.111. The van der Waals surface area contributed by atoms with Crippen molar-refractivity contribution < 1.29 is 9.13 Å². The van der Waals surface area contributed by atoms with E-state index in [0.717, 1.165) is 11.4 Å². The van der Waals surface area contributed by atoms with Crippen molar-refractivity contribution in [2.75, 3.05) is 12.9 Å². The third-order valence-electron chi connectivity index (χ3n) is 3.41. The van der Waals surface area contributed by atoms with Gasteiger partial charge in [-0.1, -0.05) is 30.0 Å². The lowest BCUT2D eigenvalue weighted by Gasteiger charge is -2.11. The van der Waals surface area contributed by atoms with E-state index in [1.54, 1.807) is 31.4 Å². The summed E-state index contributed by atoms with van der Waals surface area (Å²) >= 11 is 1.49. The van der Waals surface area contributed by atoms with Crippen LogP contribution in [0.15, 0.2) is 66.3 Å². The highest BCUT2D eigenvalue weighted by Gasteiger charge is 2.18. The van der Waals surface area contributed by atoms with E-state index in [2.05, 4.69) is 16.8 Å². The molecule has 0 saturated carbocycles. The second kappa shape index (κ2) is 7.31. The lowest BCUT2D eigenvalue weighted by molar-refractivity contribution is 0.414. The van der Waals surface area contributed by atoms with Gasteiger partial charge >= 0.3 is 0 Å². The molecule has 0 aliphatic heterocycles. The molecule has 6 heteroatoms. The summed E-state index contributed by atoms with van der Waals surface area (Å²) in [7, 11) is 1.61. The summed E-state index contributed by atoms with van der Waals surface area (Å²) in [5.41, 5.74) is 1.25. The third kappa shape index (κ3) is 3.19. The van der Waals surface area contributed by atoms with Gasteiger partial charge in [-0.3, -0.25) is 4.57 Å². The van der Waals surface area contributed by atoms with Crippen molar-refractivity contribution in [1.29, 1.82) is 0 Å². The molecule has 4 nitrogen and oxygen atoms in total. The zero-order valence-electron chi connectivity index (χ0n) is 13.1. The molecular weight excluding hydrogens is 325 g/mol. The highest BCUT2D eigenvalue weighted by Crippen LogP contribution is 2.30. The molecule has 122 valence electrons. The smallest absolute Gasteiger partial charge is 0.196 e. The van der Waals surface area contributed by atoms with Crippen LogP contribution in [0, 0.1) is 5.82 Å². The zero-order valence-corrected chi connectivity index (χ0v) is 14.0. The Morgan fingerprint density at radius 2 is 1.92 bits per heavy atom. The van der Waals surface area contributed by atoms with Gasteiger partial charge in [-0.25, -0.2) is 4.39 Å². The molecular formula is C18H16FN3OS. The van der Waals surface area contributed by atoms with Crippen LogP contribution in [0.25, 0.3) is 17.1 Å². The Bertz CT molecular complexity index is 846. The van der Waals surface area contributed by atoms with E-state index in [0.29, 0.717) is 22.3 Å². The standard InChI is InChI=1S/C18H16FN3OS/c1-3-12-24-18-21-20-17(15-6-4-5-7-16(15)19)22(18)13-8-10-14(23-2)11-9-13/h3-11H,1,12H2,2H3. The minimum absolute atomic E-state index is 0.333. The van der Waals surface area contributed by atoms with Crippen LogP contribution >= 0.6 is 11.8 Å². The lowest BCUT2D eigenvalue weighted by Crippen LogP contribution is -2.01. The van der Waals surface area contributed by atoms with Gasteiger partial charge in [0, 0.05) is 5.75 Å². The summed E-state index contributed by atoms with van der Waals surface area (Å²) in [6, 6.07) is 14.0. The predicted molar refractivity (Wildman–Crippen MR) is 94.2 cm³/mol. The molecule has 24 heavy (non-hydrogen) atoms. The Hall–Kier alpha value is -2.60. The molecule has 0 atom stereocenters. The van der Waals surface area contributed by atoms with E-state index in [4.69, 9.17) is 4.74 Å². The van der Waals surface area contributed by atoms with Crippen LogP contribution in [0.3, 0.4) is 0 Å². The predicted octanol–water partition coefficient (Wildman–Crippen LogP) is 4.36. The molecule has 0 unspecified atom stereocenters. The van der Waals surface area contributed by atoms with Crippen LogP contribution in [-0.2, 0) is 0 Å². The molecule has 0 fully saturated rings. The molecule has 0 aliphatic rings. The molecule has 3 aromatic rings. The highest BCUT2D eigenvalue weighted by atomic mass is 32.2. The Labute approximate surface area is 144 Å². The van der Waals surface area contributed by atoms with E-state index < -0.39 is 0 Å². The second-order valence-corrected chi connectivity index (χ2v) is 5.91. The Balaban J connectivity index is 2.14. The van der Waals surface area contributed by atoms with E-state index in [1.165, 1.54) is 17.8 Å². The number of thioether (sulfide) groups is 1. The van der Waals surface area contributed by atoms with Gasteiger partial charge in [0.15, 0.2) is 11.0 Å². The normalized spacial score (nSPS) is 10.6. The quantitative estimate of drug-likeness (QED) is 0.493. The summed E-state index contributed by atoms with van der Waals surface area (Å²) in [4.78, 5) is 0. The SMILES string of the molecule is C=CCSc1nnc(-c2ccccc2F)n1-c1ccc(OC)cc1. The van der Waals surface area contributed by atoms with E-state index >= 15 is 0 Å². The first-order valence-electron chi connectivity index (χ1n) is 7.33. The first kappa shape index (κ1) is 16.3. The summed E-state index contributed by atoms with van der Waals surface area (Å²) in [5.74, 6) is 1.57. The van der Waals surface area contributed by atoms with Gasteiger partial charge in [-0.15, -0.1) is 16.8 Å². The fourth-order valence-electron chi connectivity index (χ4n) is 2.28. The summed E-state index contributed by atoms with van der Waals surface area (Å²) in [6.45, 7) is 3.73. The van der Waals surface area contributed by atoms with Gasteiger partial charge in [0.25, 0.3) is 0 Å². The summed E-state index contributed by atoms with van der Waals surface area (Å²) in [6.07, 6.45) is 1.79. The third-order valence-corrected chi connectivity index (χ3v) is 4.33. The van der Waals surface area contributed by atoms with Gasteiger partial charge in [0.1, 0.15) is 11.6 Å². The highest BCUT2D eigenvalue weighted by molar-refractivity contribution is 7.99. The molecule has 0 amide bonds. The molecule has 0 bridgehead atoms. The van der Waals surface area contributed by atoms with Gasteiger partial charge < -0.3 is 4.74 Å². The van der Waals surface area contributed by atoms with Crippen molar-refractivity contribution in [3.8, 4) is 22.8 Å². The molecule has 0 aliphatic carbocycles. The number of nitrogens with zero attached hydrogens (tertiary/aromatic N) is 3. The molecule has 0 radical (unpaired) electrons. The van der Waals surface area contributed by atoms with Crippen molar-refractivity contribution in [2.45, 2.75) is 5.16 Å². The average Bonchev–Trinajstić information content (AvgIpc) is 3.04. The minimum Gasteiger partial charge on any atom is -0.497 e. The van der Waals surface area contributed by atoms with Crippen LogP contribution in [0.1, 0.15) is 0 Å². The minimum atomic E-state index is -0.333. The maximum Gasteiger partial charge on any atom is 0.196 e. The molecule has 0 N–H and O–H groups in total. The number of rotatable bonds is 6. The molecule has 0 saturated heterocycles. The van der Waals surface area contributed by atoms with Gasteiger partial charge in [-0.05, 0) is 36.4 Å². The Morgan fingerprint density at radius 1 is 1.17 bits per heavy atom. The first-order valence-corrected chi connectivity index (χ1v) is 8.31. The number of hydrogen-bond donors (Lipinski definition) is 0. The molecule has 2 aromatic carbocycles. The Kier molecular flexibility index (Phi) is 4.96. The topological polar surface area (TPSA) is 39.9 Å². The van der Waals surface area contributed by atoms with Crippen molar-refractivity contribution in [3.63, 3.8) is 0 Å². The van der Waals surface area contributed by atoms with Crippen LogP contribution in [0.5, 0.6) is 5.75 Å². The van der Waals surface area contributed by atoms with Gasteiger partial charge in [0.2, 0.25) is 0 Å². The maximum atomic E-state index is 14.2. The second-order valence-electron chi connectivity index (χ2n) is 4.92. The largest absolute Gasteiger partial charge is 0.497 e. The molecule has 1 aromatic heterocycles. The van der Waals surface area contributed by atoms with Crippen LogP contribution < -0.4 is 4.74 Å². The van der Waals surface area contributed by atoms with Crippen LogP contribution in [0.2, 0.25) is 0 Å². The number of benzene rings is 2. The number of hydrogen-bond acceptors (Lipinski definition) is 4. The number of ether oxygens (including phenoxy) is 1.